The van der Waals surface area contributed by atoms with Crippen molar-refractivity contribution in [3.8, 4) is 0 Å². The van der Waals surface area contributed by atoms with E-state index in [0.717, 1.165) is 6.07 Å². The Morgan fingerprint density at radius 2 is 2.13 bits per heavy atom. The summed E-state index contributed by atoms with van der Waals surface area (Å²) >= 11 is 0. The molecule has 1 aromatic rings. The van der Waals surface area contributed by atoms with E-state index in [1.165, 1.54) is 25.1 Å². The lowest BCUT2D eigenvalue weighted by Crippen LogP contribution is -2.31. The van der Waals surface area contributed by atoms with Gasteiger partial charge < -0.3 is 10.4 Å². The van der Waals surface area contributed by atoms with Gasteiger partial charge in [0.05, 0.1) is 0 Å². The van der Waals surface area contributed by atoms with Gasteiger partial charge in [-0.1, -0.05) is 12.1 Å². The van der Waals surface area contributed by atoms with Gasteiger partial charge in [0.15, 0.2) is 6.04 Å². The maximum atomic E-state index is 12.8. The SMILES string of the molecule is CC(=O)NC(C(=O)O)c1cccc(F)c1. The van der Waals surface area contributed by atoms with Crippen molar-refractivity contribution in [3.63, 3.8) is 0 Å². The number of aliphatic carboxylic acids is 1. The van der Waals surface area contributed by atoms with Crippen molar-refractivity contribution in [2.24, 2.45) is 0 Å². The minimum absolute atomic E-state index is 0.206. The molecule has 1 amide bonds. The summed E-state index contributed by atoms with van der Waals surface area (Å²) in [5.74, 6) is -2.24. The van der Waals surface area contributed by atoms with Crippen molar-refractivity contribution in [1.29, 1.82) is 0 Å². The molecule has 0 spiro atoms. The molecule has 0 aliphatic heterocycles. The minimum atomic E-state index is -1.23. The molecular weight excluding hydrogens is 201 g/mol. The fourth-order valence-electron chi connectivity index (χ4n) is 1.18. The highest BCUT2D eigenvalue weighted by atomic mass is 19.1. The van der Waals surface area contributed by atoms with Crippen LogP contribution in [0.5, 0.6) is 0 Å². The predicted molar refractivity (Wildman–Crippen MR) is 50.6 cm³/mol. The lowest BCUT2D eigenvalue weighted by Gasteiger charge is -2.13. The van der Waals surface area contributed by atoms with E-state index in [0.29, 0.717) is 0 Å². The number of amides is 1. The number of carboxylic acids is 1. The molecule has 5 heteroatoms. The Hall–Kier alpha value is -1.91. The van der Waals surface area contributed by atoms with Crippen LogP contribution in [0, 0.1) is 5.82 Å². The van der Waals surface area contributed by atoms with Crippen LogP contribution >= 0.6 is 0 Å². The van der Waals surface area contributed by atoms with Crippen LogP contribution in [0.15, 0.2) is 24.3 Å². The Labute approximate surface area is 85.7 Å². The topological polar surface area (TPSA) is 66.4 Å². The monoisotopic (exact) mass is 211 g/mol. The number of halogens is 1. The first kappa shape index (κ1) is 11.2. The molecule has 0 saturated carbocycles. The van der Waals surface area contributed by atoms with E-state index in [9.17, 15) is 14.0 Å². The van der Waals surface area contributed by atoms with Crippen LogP contribution in [0.3, 0.4) is 0 Å². The van der Waals surface area contributed by atoms with Crippen molar-refractivity contribution >= 4 is 11.9 Å². The summed E-state index contributed by atoms with van der Waals surface area (Å²) in [6.07, 6.45) is 0. The molecule has 1 atom stereocenters. The smallest absolute Gasteiger partial charge is 0.330 e. The lowest BCUT2D eigenvalue weighted by molar-refractivity contribution is -0.141. The molecule has 1 aromatic carbocycles. The summed E-state index contributed by atoms with van der Waals surface area (Å²) in [6, 6.07) is 3.91. The largest absolute Gasteiger partial charge is 0.479 e. The van der Waals surface area contributed by atoms with E-state index in [2.05, 4.69) is 5.32 Å². The van der Waals surface area contributed by atoms with E-state index < -0.39 is 23.7 Å². The van der Waals surface area contributed by atoms with Crippen LogP contribution in [0.4, 0.5) is 4.39 Å². The molecular formula is C10H10FNO3. The first-order valence-corrected chi connectivity index (χ1v) is 4.26. The van der Waals surface area contributed by atoms with Crippen molar-refractivity contribution in [3.05, 3.63) is 35.6 Å². The van der Waals surface area contributed by atoms with Crippen molar-refractivity contribution in [2.45, 2.75) is 13.0 Å². The van der Waals surface area contributed by atoms with E-state index in [-0.39, 0.29) is 5.56 Å². The summed E-state index contributed by atoms with van der Waals surface area (Å²) < 4.78 is 12.8. The summed E-state index contributed by atoms with van der Waals surface area (Å²) in [7, 11) is 0. The normalized spacial score (nSPS) is 11.9. The lowest BCUT2D eigenvalue weighted by atomic mass is 10.1. The molecule has 0 aliphatic rings. The Balaban J connectivity index is 2.98. The first-order valence-electron chi connectivity index (χ1n) is 4.26. The van der Waals surface area contributed by atoms with Crippen molar-refractivity contribution < 1.29 is 19.1 Å². The molecule has 1 unspecified atom stereocenters. The standard InChI is InChI=1S/C10H10FNO3/c1-6(13)12-9(10(14)15)7-3-2-4-8(11)5-7/h2-5,9H,1H3,(H,12,13)(H,14,15). The molecule has 0 heterocycles. The molecule has 0 saturated heterocycles. The molecule has 4 nitrogen and oxygen atoms in total. The third kappa shape index (κ3) is 3.05. The van der Waals surface area contributed by atoms with E-state index in [4.69, 9.17) is 5.11 Å². The average Bonchev–Trinajstić information content (AvgIpc) is 2.13. The zero-order chi connectivity index (χ0) is 11.4. The molecule has 1 rings (SSSR count). The number of benzene rings is 1. The van der Waals surface area contributed by atoms with Gasteiger partial charge in [0.1, 0.15) is 5.82 Å². The number of carbonyl (C=O) groups is 2. The zero-order valence-electron chi connectivity index (χ0n) is 8.03. The maximum Gasteiger partial charge on any atom is 0.330 e. The van der Waals surface area contributed by atoms with Crippen LogP contribution in [-0.4, -0.2) is 17.0 Å². The van der Waals surface area contributed by atoms with Gasteiger partial charge in [0, 0.05) is 6.92 Å². The van der Waals surface area contributed by atoms with Crippen LogP contribution in [0.1, 0.15) is 18.5 Å². The van der Waals surface area contributed by atoms with Crippen LogP contribution in [0.2, 0.25) is 0 Å². The molecule has 2 N–H and O–H groups in total. The van der Waals surface area contributed by atoms with Gasteiger partial charge in [-0.25, -0.2) is 9.18 Å². The quantitative estimate of drug-likeness (QED) is 0.786. The van der Waals surface area contributed by atoms with Crippen LogP contribution in [0.25, 0.3) is 0 Å². The van der Waals surface area contributed by atoms with Crippen LogP contribution < -0.4 is 5.32 Å². The Kier molecular flexibility index (Phi) is 3.38. The number of carboxylic acid groups (broad SMARTS) is 1. The second kappa shape index (κ2) is 4.54. The first-order chi connectivity index (χ1) is 7.00. The third-order valence-corrected chi connectivity index (χ3v) is 1.78. The van der Waals surface area contributed by atoms with Gasteiger partial charge in [0.2, 0.25) is 5.91 Å². The van der Waals surface area contributed by atoms with Gasteiger partial charge in [-0.3, -0.25) is 4.79 Å². The predicted octanol–water partition coefficient (Wildman–Crippen LogP) is 1.09. The van der Waals surface area contributed by atoms with E-state index in [1.54, 1.807) is 0 Å². The van der Waals surface area contributed by atoms with E-state index in [1.807, 2.05) is 0 Å². The number of carbonyl (C=O) groups excluding carboxylic acids is 1. The van der Waals surface area contributed by atoms with Crippen molar-refractivity contribution in [2.75, 3.05) is 0 Å². The fraction of sp³-hybridized carbons (Fsp3) is 0.200. The van der Waals surface area contributed by atoms with Crippen LogP contribution in [-0.2, 0) is 9.59 Å². The van der Waals surface area contributed by atoms with Gasteiger partial charge in [-0.2, -0.15) is 0 Å². The number of nitrogens with one attached hydrogen (secondary N) is 1. The summed E-state index contributed by atoms with van der Waals surface area (Å²) in [5.41, 5.74) is 0.206. The summed E-state index contributed by atoms with van der Waals surface area (Å²) in [6.45, 7) is 1.20. The van der Waals surface area contributed by atoms with Gasteiger partial charge in [-0.05, 0) is 17.7 Å². The minimum Gasteiger partial charge on any atom is -0.479 e. The zero-order valence-corrected chi connectivity index (χ0v) is 8.03. The highest BCUT2D eigenvalue weighted by Gasteiger charge is 2.20. The maximum absolute atomic E-state index is 12.8. The highest BCUT2D eigenvalue weighted by molar-refractivity contribution is 5.83. The summed E-state index contributed by atoms with van der Waals surface area (Å²) in [4.78, 5) is 21.6. The molecule has 0 aliphatic carbocycles. The van der Waals surface area contributed by atoms with Gasteiger partial charge >= 0.3 is 5.97 Å². The Morgan fingerprint density at radius 1 is 1.47 bits per heavy atom. The molecule has 0 fully saturated rings. The molecule has 0 bridgehead atoms. The summed E-state index contributed by atoms with van der Waals surface area (Å²) in [5, 5.41) is 11.0. The number of rotatable bonds is 3. The third-order valence-electron chi connectivity index (χ3n) is 1.78. The molecule has 80 valence electrons. The fourth-order valence-corrected chi connectivity index (χ4v) is 1.18. The second-order valence-electron chi connectivity index (χ2n) is 3.03. The highest BCUT2D eigenvalue weighted by Crippen LogP contribution is 2.14. The van der Waals surface area contributed by atoms with Gasteiger partial charge in [-0.15, -0.1) is 0 Å². The van der Waals surface area contributed by atoms with Crippen molar-refractivity contribution in [1.82, 2.24) is 5.32 Å². The number of hydrogen-bond acceptors (Lipinski definition) is 2. The second-order valence-corrected chi connectivity index (χ2v) is 3.03. The van der Waals surface area contributed by atoms with Gasteiger partial charge in [0.25, 0.3) is 0 Å². The Bertz CT molecular complexity index is 392. The Morgan fingerprint density at radius 3 is 2.60 bits per heavy atom. The number of hydrogen-bond donors (Lipinski definition) is 2. The molecule has 0 aromatic heterocycles. The van der Waals surface area contributed by atoms with E-state index >= 15 is 0 Å². The molecule has 0 radical (unpaired) electrons. The average molecular weight is 211 g/mol. The molecule has 15 heavy (non-hydrogen) atoms.